The predicted octanol–water partition coefficient (Wildman–Crippen LogP) is 4.80. The second kappa shape index (κ2) is 6.81. The number of aromatic nitrogens is 3. The van der Waals surface area contributed by atoms with Crippen molar-refractivity contribution >= 4 is 10.9 Å². The first-order chi connectivity index (χ1) is 14.6. The zero-order valence-corrected chi connectivity index (χ0v) is 16.8. The molecule has 2 heterocycles. The third-order valence-corrected chi connectivity index (χ3v) is 5.48. The third-order valence-electron chi connectivity index (χ3n) is 5.48. The molecule has 5 heteroatoms. The number of phenolic OH excluding ortho intramolecular Hbond substituents is 1. The van der Waals surface area contributed by atoms with Gasteiger partial charge in [-0.2, -0.15) is 0 Å². The van der Waals surface area contributed by atoms with Gasteiger partial charge in [-0.15, -0.1) is 0 Å². The van der Waals surface area contributed by atoms with Gasteiger partial charge in [0.2, 0.25) is 0 Å². The molecule has 0 aliphatic rings. The van der Waals surface area contributed by atoms with Crippen molar-refractivity contribution in [3.8, 4) is 28.4 Å². The average molecular weight is 395 g/mol. The molecule has 0 atom stereocenters. The molecule has 0 bridgehead atoms. The lowest BCUT2D eigenvalue weighted by molar-refractivity contribution is 0.472. The molecule has 1 N–H and O–H groups in total. The highest BCUT2D eigenvalue weighted by Crippen LogP contribution is 2.35. The molecule has 0 saturated carbocycles. The predicted molar refractivity (Wildman–Crippen MR) is 120 cm³/mol. The van der Waals surface area contributed by atoms with Crippen molar-refractivity contribution < 1.29 is 5.11 Å². The Morgan fingerprint density at radius 1 is 0.867 bits per heavy atom. The summed E-state index contributed by atoms with van der Waals surface area (Å²) >= 11 is 0. The summed E-state index contributed by atoms with van der Waals surface area (Å²) in [5.74, 6) is 0.168. The Hall–Kier alpha value is -3.99. The van der Waals surface area contributed by atoms with Gasteiger partial charge in [0.05, 0.1) is 28.0 Å². The molecule has 5 aromatic rings. The van der Waals surface area contributed by atoms with E-state index in [0.717, 1.165) is 28.0 Å². The highest BCUT2D eigenvalue weighted by molar-refractivity contribution is 5.95. The molecule has 0 fully saturated rings. The highest BCUT2D eigenvalue weighted by Gasteiger charge is 2.23. The van der Waals surface area contributed by atoms with E-state index in [9.17, 15) is 9.90 Å². The van der Waals surface area contributed by atoms with E-state index >= 15 is 0 Å². The topological polar surface area (TPSA) is 52.1 Å². The van der Waals surface area contributed by atoms with Crippen LogP contribution in [0.2, 0.25) is 0 Å². The van der Waals surface area contributed by atoms with Crippen LogP contribution >= 0.6 is 0 Å². The molecule has 5 nitrogen and oxygen atoms in total. The van der Waals surface area contributed by atoms with Gasteiger partial charge in [-0.25, -0.2) is 4.68 Å². The highest BCUT2D eigenvalue weighted by atomic mass is 16.3. The van der Waals surface area contributed by atoms with E-state index in [0.29, 0.717) is 11.1 Å². The largest absolute Gasteiger partial charge is 0.506 e. The monoisotopic (exact) mass is 395 g/mol. The second-order valence-electron chi connectivity index (χ2n) is 7.44. The van der Waals surface area contributed by atoms with Crippen LogP contribution in [-0.4, -0.2) is 19.0 Å². The summed E-state index contributed by atoms with van der Waals surface area (Å²) in [6.45, 7) is 1.98. The van der Waals surface area contributed by atoms with Crippen molar-refractivity contribution in [1.29, 1.82) is 0 Å². The molecule has 0 aliphatic carbocycles. The van der Waals surface area contributed by atoms with Crippen LogP contribution in [0, 0.1) is 6.92 Å². The van der Waals surface area contributed by atoms with Crippen LogP contribution in [0.1, 0.15) is 5.56 Å². The first kappa shape index (κ1) is 18.1. The average Bonchev–Trinajstić information content (AvgIpc) is 3.27. The molecule has 0 saturated heterocycles. The summed E-state index contributed by atoms with van der Waals surface area (Å²) in [7, 11) is 1.88. The van der Waals surface area contributed by atoms with Crippen LogP contribution in [0.3, 0.4) is 0 Å². The summed E-state index contributed by atoms with van der Waals surface area (Å²) < 4.78 is 5.46. The van der Waals surface area contributed by atoms with Crippen LogP contribution in [0.15, 0.2) is 89.9 Å². The number of rotatable bonds is 3. The van der Waals surface area contributed by atoms with E-state index in [1.807, 2.05) is 102 Å². The van der Waals surface area contributed by atoms with Crippen molar-refractivity contribution in [3.63, 3.8) is 0 Å². The van der Waals surface area contributed by atoms with Crippen molar-refractivity contribution in [3.05, 3.63) is 101 Å². The lowest BCUT2D eigenvalue weighted by Gasteiger charge is -2.13. The minimum absolute atomic E-state index is 0.0940. The lowest BCUT2D eigenvalue weighted by atomic mass is 10.1. The van der Waals surface area contributed by atoms with Crippen LogP contribution in [-0.2, 0) is 7.05 Å². The molecular weight excluding hydrogens is 374 g/mol. The Labute approximate surface area is 173 Å². The van der Waals surface area contributed by atoms with E-state index in [-0.39, 0.29) is 11.3 Å². The number of phenols is 1. The van der Waals surface area contributed by atoms with Gasteiger partial charge in [-0.3, -0.25) is 9.48 Å². The summed E-state index contributed by atoms with van der Waals surface area (Å²) in [5.41, 5.74) is 4.87. The number of hydrogen-bond acceptors (Lipinski definition) is 2. The van der Waals surface area contributed by atoms with Crippen LogP contribution in [0.4, 0.5) is 0 Å². The van der Waals surface area contributed by atoms with Crippen molar-refractivity contribution in [2.75, 3.05) is 0 Å². The molecule has 148 valence electrons. The number of aryl methyl sites for hydroxylation is 2. The number of benzene rings is 3. The molecule has 0 spiro atoms. The van der Waals surface area contributed by atoms with Crippen molar-refractivity contribution in [2.45, 2.75) is 6.92 Å². The van der Waals surface area contributed by atoms with Gasteiger partial charge in [-0.05, 0) is 42.3 Å². The summed E-state index contributed by atoms with van der Waals surface area (Å²) in [4.78, 5) is 13.6. The quantitative estimate of drug-likeness (QED) is 0.477. The lowest BCUT2D eigenvalue weighted by Crippen LogP contribution is -2.20. The number of nitrogens with zero attached hydrogens (tertiary/aromatic N) is 3. The van der Waals surface area contributed by atoms with E-state index in [2.05, 4.69) is 0 Å². The number of fused-ring (bicyclic) bond motifs is 1. The summed E-state index contributed by atoms with van der Waals surface area (Å²) in [6, 6.07) is 24.9. The fourth-order valence-electron chi connectivity index (χ4n) is 4.05. The molecule has 0 amide bonds. The zero-order chi connectivity index (χ0) is 20.8. The number of aromatic hydroxyl groups is 1. The normalized spacial score (nSPS) is 11.3. The maximum absolute atomic E-state index is 13.6. The summed E-state index contributed by atoms with van der Waals surface area (Å²) in [5, 5.41) is 11.2. The molecule has 0 unspecified atom stereocenters. The molecule has 3 aromatic carbocycles. The molecule has 2 aromatic heterocycles. The minimum Gasteiger partial charge on any atom is -0.506 e. The fraction of sp³-hybridized carbons (Fsp3) is 0.0800. The zero-order valence-electron chi connectivity index (χ0n) is 16.8. The van der Waals surface area contributed by atoms with Crippen LogP contribution in [0.5, 0.6) is 5.75 Å². The second-order valence-corrected chi connectivity index (χ2v) is 7.44. The SMILES string of the molecule is Cc1ccc(O)c(-n2cc3c(c2-c2ccccc2)c(=O)n(-c2ccccc2)n3C)c1. The molecule has 5 rings (SSSR count). The Morgan fingerprint density at radius 2 is 1.53 bits per heavy atom. The van der Waals surface area contributed by atoms with Crippen molar-refractivity contribution in [1.82, 2.24) is 13.9 Å². The van der Waals surface area contributed by atoms with Gasteiger partial charge < -0.3 is 9.67 Å². The van der Waals surface area contributed by atoms with Gasteiger partial charge in [0.25, 0.3) is 5.56 Å². The van der Waals surface area contributed by atoms with E-state index in [1.165, 1.54) is 0 Å². The van der Waals surface area contributed by atoms with Crippen molar-refractivity contribution in [2.24, 2.45) is 7.05 Å². The molecule has 0 aliphatic heterocycles. The molecule has 0 radical (unpaired) electrons. The van der Waals surface area contributed by atoms with Gasteiger partial charge in [0.1, 0.15) is 5.75 Å². The maximum Gasteiger partial charge on any atom is 0.281 e. The summed E-state index contributed by atoms with van der Waals surface area (Å²) in [6.07, 6.45) is 1.92. The van der Waals surface area contributed by atoms with Gasteiger partial charge in [0, 0.05) is 13.2 Å². The smallest absolute Gasteiger partial charge is 0.281 e. The molecular formula is C25H21N3O2. The Morgan fingerprint density at radius 3 is 2.23 bits per heavy atom. The maximum atomic E-state index is 13.6. The standard InChI is InChI=1S/C25H21N3O2/c1-17-13-14-22(29)20(15-17)27-16-21-23(24(27)18-9-5-3-6-10-18)25(30)28(26(21)2)19-11-7-4-8-12-19/h3-16,29H,1-2H3. The first-order valence-electron chi connectivity index (χ1n) is 9.80. The Balaban J connectivity index is 1.90. The fourth-order valence-corrected chi connectivity index (χ4v) is 4.05. The number of hydrogen-bond donors (Lipinski definition) is 1. The minimum atomic E-state index is -0.0940. The van der Waals surface area contributed by atoms with E-state index in [1.54, 1.807) is 10.7 Å². The Bertz CT molecular complexity index is 1420. The van der Waals surface area contributed by atoms with Gasteiger partial charge in [0.15, 0.2) is 0 Å². The van der Waals surface area contributed by atoms with Gasteiger partial charge in [-0.1, -0.05) is 54.6 Å². The van der Waals surface area contributed by atoms with Gasteiger partial charge >= 0.3 is 0 Å². The van der Waals surface area contributed by atoms with E-state index in [4.69, 9.17) is 0 Å². The van der Waals surface area contributed by atoms with Crippen LogP contribution in [0.25, 0.3) is 33.5 Å². The molecule has 30 heavy (non-hydrogen) atoms. The first-order valence-corrected chi connectivity index (χ1v) is 9.80. The van der Waals surface area contributed by atoms with E-state index < -0.39 is 0 Å². The number of para-hydroxylation sites is 1. The third kappa shape index (κ3) is 2.67. The Kier molecular flexibility index (Phi) is 4.10. The van der Waals surface area contributed by atoms with Crippen LogP contribution < -0.4 is 5.56 Å².